The summed E-state index contributed by atoms with van der Waals surface area (Å²) in [7, 11) is 0. The number of rotatable bonds is 2. The van der Waals surface area contributed by atoms with Crippen LogP contribution in [0.15, 0.2) is 39.6 Å². The molecule has 1 aromatic carbocycles. The minimum absolute atomic E-state index is 0.0112. The van der Waals surface area contributed by atoms with Crippen LogP contribution in [-0.2, 0) is 20.9 Å². The smallest absolute Gasteiger partial charge is 0.408 e. The maximum Gasteiger partial charge on any atom is 0.408 e. The maximum absolute atomic E-state index is 14.0. The van der Waals surface area contributed by atoms with E-state index in [1.54, 1.807) is 18.2 Å². The molecule has 12 heteroatoms. The van der Waals surface area contributed by atoms with E-state index in [1.165, 1.54) is 9.47 Å². The molecule has 0 radical (unpaired) electrons. The van der Waals surface area contributed by atoms with Crippen molar-refractivity contribution in [3.8, 4) is 6.01 Å². The van der Waals surface area contributed by atoms with Crippen LogP contribution < -0.4 is 15.6 Å². The molecule has 0 unspecified atom stereocenters. The van der Waals surface area contributed by atoms with E-state index in [9.17, 15) is 24.3 Å². The van der Waals surface area contributed by atoms with Crippen LogP contribution in [0.4, 0.5) is 4.79 Å². The number of fused-ring (bicyclic) bond motifs is 5. The van der Waals surface area contributed by atoms with E-state index in [-0.39, 0.29) is 49.0 Å². The van der Waals surface area contributed by atoms with Gasteiger partial charge in [-0.05, 0) is 75.0 Å². The Morgan fingerprint density at radius 2 is 1.79 bits per heavy atom. The molecule has 1 saturated heterocycles. The van der Waals surface area contributed by atoms with Gasteiger partial charge in [-0.25, -0.2) is 9.59 Å². The standard InChI is InChI=1S/C31H37BrN4O7/c32-20-12-13-22-23(15-20)33-30-35(27(22)37)14-5-1-2-7-18-10-6-11-25(18)43-31(41)34-26(19-8-3-4-9-19)28(38)36-17-21(42-30)16-24(36)29(39)40/h1,5,12-13,15,18-19,21,24-26H,2-4,6-11,14,16-17H2,(H,34,41)(H,39,40)/b5-1+/t18-,21-,24+,25-,26+/m1/s1. The molecule has 2 N–H and O–H groups in total. The van der Waals surface area contributed by atoms with E-state index >= 15 is 0 Å². The van der Waals surface area contributed by atoms with Crippen molar-refractivity contribution in [1.29, 1.82) is 0 Å². The van der Waals surface area contributed by atoms with E-state index in [0.29, 0.717) is 10.9 Å². The first-order valence-electron chi connectivity index (χ1n) is 15.3. The van der Waals surface area contributed by atoms with Crippen molar-refractivity contribution in [3.63, 3.8) is 0 Å². The summed E-state index contributed by atoms with van der Waals surface area (Å²) < 4.78 is 14.4. The van der Waals surface area contributed by atoms with Crippen molar-refractivity contribution in [2.45, 2.75) is 95.0 Å². The highest BCUT2D eigenvalue weighted by Crippen LogP contribution is 2.34. The third-order valence-corrected chi connectivity index (χ3v) is 9.90. The molecule has 2 aliphatic heterocycles. The van der Waals surface area contributed by atoms with Gasteiger partial charge in [-0.1, -0.05) is 40.9 Å². The SMILES string of the molecule is O=C1N[C@@H](C2CCCC2)C(=O)N2C[C@@H](C[C@H]2C(=O)O)Oc2nc3cc(Br)ccc3c(=O)n2C/C=C/CC[C@@H]2CCC[C@H]2O1. The number of nitrogens with one attached hydrogen (secondary N) is 1. The van der Waals surface area contributed by atoms with E-state index < -0.39 is 36.2 Å². The molecule has 3 fully saturated rings. The number of amides is 2. The molecule has 230 valence electrons. The Labute approximate surface area is 257 Å². The number of carbonyl (C=O) groups is 3. The number of ether oxygens (including phenoxy) is 2. The van der Waals surface area contributed by atoms with Crippen molar-refractivity contribution in [2.75, 3.05) is 6.54 Å². The second-order valence-corrected chi connectivity index (χ2v) is 13.1. The lowest BCUT2D eigenvalue weighted by Crippen LogP contribution is -2.55. The molecule has 3 heterocycles. The average molecular weight is 658 g/mol. The average Bonchev–Trinajstić information content (AvgIpc) is 3.74. The van der Waals surface area contributed by atoms with Crippen LogP contribution in [0.25, 0.3) is 10.9 Å². The minimum atomic E-state index is -1.15. The molecule has 0 spiro atoms. The van der Waals surface area contributed by atoms with Gasteiger partial charge in [-0.15, -0.1) is 0 Å². The molecule has 5 atom stereocenters. The van der Waals surface area contributed by atoms with Crippen LogP contribution in [0.3, 0.4) is 0 Å². The Bertz CT molecular complexity index is 1490. The number of aliphatic carboxylic acids is 1. The molecule has 2 bridgehead atoms. The van der Waals surface area contributed by atoms with E-state index in [1.807, 2.05) is 12.2 Å². The summed E-state index contributed by atoms with van der Waals surface area (Å²) in [6, 6.07) is 3.29. The molecule has 11 nitrogen and oxygen atoms in total. The Kier molecular flexibility index (Phi) is 8.74. The van der Waals surface area contributed by atoms with Crippen molar-refractivity contribution in [1.82, 2.24) is 19.8 Å². The Balaban J connectivity index is 1.37. The maximum atomic E-state index is 14.0. The lowest BCUT2D eigenvalue weighted by atomic mass is 9.96. The first-order valence-corrected chi connectivity index (χ1v) is 16.1. The number of nitrogens with zero attached hydrogens (tertiary/aromatic N) is 3. The number of hydrogen-bond acceptors (Lipinski definition) is 7. The predicted molar refractivity (Wildman–Crippen MR) is 161 cm³/mol. The summed E-state index contributed by atoms with van der Waals surface area (Å²) in [5.74, 6) is -1.49. The summed E-state index contributed by atoms with van der Waals surface area (Å²) >= 11 is 3.44. The number of carboxylic acid groups (broad SMARTS) is 1. The van der Waals surface area contributed by atoms with Gasteiger partial charge in [0, 0.05) is 17.4 Å². The molecule has 1 aromatic heterocycles. The summed E-state index contributed by atoms with van der Waals surface area (Å²) in [6.45, 7) is 0.213. The third-order valence-electron chi connectivity index (χ3n) is 9.40. The number of benzene rings is 1. The Morgan fingerprint density at radius 3 is 2.58 bits per heavy atom. The van der Waals surface area contributed by atoms with Gasteiger partial charge >= 0.3 is 12.1 Å². The van der Waals surface area contributed by atoms with Crippen molar-refractivity contribution < 1.29 is 29.0 Å². The van der Waals surface area contributed by atoms with Gasteiger partial charge in [0.15, 0.2) is 0 Å². The van der Waals surface area contributed by atoms with Gasteiger partial charge in [0.2, 0.25) is 5.91 Å². The van der Waals surface area contributed by atoms with E-state index in [2.05, 4.69) is 26.2 Å². The zero-order chi connectivity index (χ0) is 30.1. The van der Waals surface area contributed by atoms with Gasteiger partial charge in [-0.3, -0.25) is 14.2 Å². The summed E-state index contributed by atoms with van der Waals surface area (Å²) in [6.07, 6.45) is 10.1. The number of alkyl carbamates (subject to hydrolysis) is 1. The topological polar surface area (TPSA) is 140 Å². The number of halogens is 1. The van der Waals surface area contributed by atoms with Crippen LogP contribution in [0, 0.1) is 11.8 Å². The second kappa shape index (κ2) is 12.7. The number of carboxylic acids is 1. The van der Waals surface area contributed by atoms with Crippen LogP contribution >= 0.6 is 15.9 Å². The first kappa shape index (κ1) is 29.7. The fourth-order valence-electron chi connectivity index (χ4n) is 7.18. The predicted octanol–water partition coefficient (Wildman–Crippen LogP) is 4.40. The lowest BCUT2D eigenvalue weighted by Gasteiger charge is -2.31. The molecule has 2 aliphatic carbocycles. The van der Waals surface area contributed by atoms with Crippen LogP contribution in [-0.4, -0.2) is 68.4 Å². The highest BCUT2D eigenvalue weighted by molar-refractivity contribution is 9.10. The number of hydrogen-bond donors (Lipinski definition) is 2. The highest BCUT2D eigenvalue weighted by atomic mass is 79.9. The van der Waals surface area contributed by atoms with Gasteiger partial charge in [0.25, 0.3) is 11.6 Å². The Hall–Kier alpha value is -3.41. The van der Waals surface area contributed by atoms with Crippen molar-refractivity contribution in [3.05, 3.63) is 45.2 Å². The van der Waals surface area contributed by atoms with E-state index in [0.717, 1.165) is 62.3 Å². The lowest BCUT2D eigenvalue weighted by molar-refractivity contribution is -0.149. The monoisotopic (exact) mass is 656 g/mol. The number of carbonyl (C=O) groups excluding carboxylic acids is 2. The summed E-state index contributed by atoms with van der Waals surface area (Å²) in [5.41, 5.74) is 0.189. The quantitative estimate of drug-likeness (QED) is 0.454. The normalized spacial score (nSPS) is 29.6. The zero-order valence-electron chi connectivity index (χ0n) is 24.0. The van der Waals surface area contributed by atoms with Gasteiger partial charge in [-0.2, -0.15) is 4.98 Å². The molecular formula is C31H37BrN4O7. The van der Waals surface area contributed by atoms with Gasteiger partial charge in [0.05, 0.1) is 17.4 Å². The second-order valence-electron chi connectivity index (χ2n) is 12.1. The van der Waals surface area contributed by atoms with Gasteiger partial charge < -0.3 is 24.8 Å². The van der Waals surface area contributed by atoms with Crippen molar-refractivity contribution >= 4 is 44.8 Å². The molecule has 43 heavy (non-hydrogen) atoms. The fourth-order valence-corrected chi connectivity index (χ4v) is 7.53. The van der Waals surface area contributed by atoms with E-state index in [4.69, 9.17) is 9.47 Å². The summed E-state index contributed by atoms with van der Waals surface area (Å²) in [5, 5.41) is 13.4. The molecule has 6 rings (SSSR count). The number of aromatic nitrogens is 2. The molecule has 2 aromatic rings. The first-order chi connectivity index (χ1) is 20.8. The third kappa shape index (κ3) is 6.30. The van der Waals surface area contributed by atoms with Crippen molar-refractivity contribution in [2.24, 2.45) is 11.8 Å². The molecular weight excluding hydrogens is 620 g/mol. The fraction of sp³-hybridized carbons (Fsp3) is 0.581. The van der Waals surface area contributed by atoms with Crippen LogP contribution in [0.5, 0.6) is 6.01 Å². The Morgan fingerprint density at radius 1 is 1.00 bits per heavy atom. The van der Waals surface area contributed by atoms with Crippen LogP contribution in [0.1, 0.15) is 64.2 Å². The molecule has 2 saturated carbocycles. The van der Waals surface area contributed by atoms with Gasteiger partial charge in [0.1, 0.15) is 24.3 Å². The van der Waals surface area contributed by atoms with Crippen LogP contribution in [0.2, 0.25) is 0 Å². The molecule has 4 aliphatic rings. The minimum Gasteiger partial charge on any atom is -0.480 e. The summed E-state index contributed by atoms with van der Waals surface area (Å²) in [4.78, 5) is 59.1. The number of allylic oxidation sites excluding steroid dienone is 2. The molecule has 2 amide bonds. The largest absolute Gasteiger partial charge is 0.480 e. The highest BCUT2D eigenvalue weighted by Gasteiger charge is 2.46. The zero-order valence-corrected chi connectivity index (χ0v) is 25.5.